The number of aromatic nitrogens is 1. The highest BCUT2D eigenvalue weighted by molar-refractivity contribution is 7.16. The number of esters is 1. The highest BCUT2D eigenvalue weighted by atomic mass is 32.1. The van der Waals surface area contributed by atoms with Crippen molar-refractivity contribution in [1.29, 1.82) is 5.26 Å². The van der Waals surface area contributed by atoms with E-state index in [1.54, 1.807) is 5.38 Å². The molecule has 0 fully saturated rings. The Morgan fingerprint density at radius 3 is 2.96 bits per heavy atom. The summed E-state index contributed by atoms with van der Waals surface area (Å²) in [5, 5.41) is 18.0. The summed E-state index contributed by atoms with van der Waals surface area (Å²) in [4.78, 5) is 29.6. The first-order chi connectivity index (χ1) is 13.5. The molecule has 0 unspecified atom stereocenters. The predicted molar refractivity (Wildman–Crippen MR) is 110 cm³/mol. The third kappa shape index (κ3) is 4.88. The molecule has 3 rings (SSSR count). The number of hydrogen-bond donors (Lipinski definition) is 2. The van der Waals surface area contributed by atoms with Crippen molar-refractivity contribution in [2.75, 3.05) is 23.8 Å². The van der Waals surface area contributed by atoms with E-state index in [9.17, 15) is 14.9 Å². The number of carbonyl (C=O) groups is 2. The Morgan fingerprint density at radius 1 is 1.39 bits per heavy atom. The first kappa shape index (κ1) is 20.3. The van der Waals surface area contributed by atoms with Gasteiger partial charge in [0.25, 0.3) is 5.91 Å². The Kier molecular flexibility index (Phi) is 6.65. The second-order valence-electron chi connectivity index (χ2n) is 6.94. The molecule has 0 aromatic carbocycles. The number of rotatable bonds is 8. The quantitative estimate of drug-likeness (QED) is 0.632. The zero-order valence-corrected chi connectivity index (χ0v) is 17.5. The van der Waals surface area contributed by atoms with E-state index in [2.05, 4.69) is 35.5 Å². The fourth-order valence-corrected chi connectivity index (χ4v) is 4.86. The minimum atomic E-state index is -0.641. The molecule has 1 aliphatic carbocycles. The summed E-state index contributed by atoms with van der Waals surface area (Å²) in [6, 6.07) is 2.17. The van der Waals surface area contributed by atoms with E-state index >= 15 is 0 Å². The molecule has 0 bridgehead atoms. The third-order valence-electron chi connectivity index (χ3n) is 4.33. The van der Waals surface area contributed by atoms with E-state index in [1.165, 1.54) is 22.7 Å². The number of thiazole rings is 1. The lowest BCUT2D eigenvalue weighted by atomic mass is 10.1. The normalized spacial score (nSPS) is 12.5. The van der Waals surface area contributed by atoms with Gasteiger partial charge in [0.2, 0.25) is 0 Å². The maximum absolute atomic E-state index is 12.1. The van der Waals surface area contributed by atoms with Crippen LogP contribution in [0.5, 0.6) is 0 Å². The van der Waals surface area contributed by atoms with Crippen molar-refractivity contribution in [2.24, 2.45) is 5.92 Å². The number of ether oxygens (including phenoxy) is 1. The summed E-state index contributed by atoms with van der Waals surface area (Å²) in [5.74, 6) is -0.519. The van der Waals surface area contributed by atoms with Gasteiger partial charge in [-0.1, -0.05) is 13.8 Å². The lowest BCUT2D eigenvalue weighted by molar-refractivity contribution is -0.119. The number of thiophene rings is 1. The van der Waals surface area contributed by atoms with E-state index in [-0.39, 0.29) is 5.69 Å². The second-order valence-corrected chi connectivity index (χ2v) is 8.91. The largest absolute Gasteiger partial charge is 0.451 e. The Bertz CT molecular complexity index is 911. The first-order valence-electron chi connectivity index (χ1n) is 9.19. The van der Waals surface area contributed by atoms with Gasteiger partial charge in [-0.25, -0.2) is 9.78 Å². The average Bonchev–Trinajstić information content (AvgIpc) is 3.35. The summed E-state index contributed by atoms with van der Waals surface area (Å²) < 4.78 is 5.06. The van der Waals surface area contributed by atoms with Crippen LogP contribution in [0.3, 0.4) is 0 Å². The summed E-state index contributed by atoms with van der Waals surface area (Å²) in [7, 11) is 0. The van der Waals surface area contributed by atoms with Gasteiger partial charge < -0.3 is 15.4 Å². The van der Waals surface area contributed by atoms with Gasteiger partial charge in [0.05, 0.1) is 5.56 Å². The summed E-state index contributed by atoms with van der Waals surface area (Å²) >= 11 is 2.76. The summed E-state index contributed by atoms with van der Waals surface area (Å²) in [6.07, 6.45) is 3.87. The molecule has 7 nitrogen and oxygen atoms in total. The number of carbonyl (C=O) groups excluding carboxylic acids is 2. The average molecular weight is 419 g/mol. The lowest BCUT2D eigenvalue weighted by Crippen LogP contribution is -2.21. The van der Waals surface area contributed by atoms with Crippen molar-refractivity contribution in [2.45, 2.75) is 39.5 Å². The van der Waals surface area contributed by atoms with Crippen LogP contribution in [0.2, 0.25) is 0 Å². The standard InChI is InChI=1S/C19H22N4O3S2/c1-11(2)6-7-21-19-22-14(10-27-19)18(25)26-9-16(24)23-17-13(8-20)12-4-3-5-15(12)28-17/h10-11H,3-7,9H2,1-2H3,(H,21,22)(H,23,24). The molecule has 0 saturated carbocycles. The van der Waals surface area contributed by atoms with Crippen LogP contribution in [0.25, 0.3) is 0 Å². The molecule has 2 heterocycles. The van der Waals surface area contributed by atoms with E-state index in [0.717, 1.165) is 42.7 Å². The van der Waals surface area contributed by atoms with Crippen LogP contribution in [0.15, 0.2) is 5.38 Å². The molecular formula is C19H22N4O3S2. The fourth-order valence-electron chi connectivity index (χ4n) is 2.89. The predicted octanol–water partition coefficient (Wildman–Crippen LogP) is 3.82. The highest BCUT2D eigenvalue weighted by Gasteiger charge is 2.23. The van der Waals surface area contributed by atoms with Gasteiger partial charge in [0.15, 0.2) is 17.4 Å². The van der Waals surface area contributed by atoms with Gasteiger partial charge in [0, 0.05) is 16.8 Å². The van der Waals surface area contributed by atoms with Crippen molar-refractivity contribution >= 4 is 44.7 Å². The van der Waals surface area contributed by atoms with Crippen LogP contribution in [0, 0.1) is 17.2 Å². The number of amides is 1. The third-order valence-corrected chi connectivity index (χ3v) is 6.34. The molecule has 0 spiro atoms. The molecule has 1 aliphatic rings. The monoisotopic (exact) mass is 418 g/mol. The van der Waals surface area contributed by atoms with Crippen molar-refractivity contribution in [1.82, 2.24) is 4.98 Å². The molecule has 0 saturated heterocycles. The van der Waals surface area contributed by atoms with Crippen molar-refractivity contribution in [3.8, 4) is 6.07 Å². The van der Waals surface area contributed by atoms with Crippen LogP contribution < -0.4 is 10.6 Å². The fraction of sp³-hybridized carbons (Fsp3) is 0.474. The Labute approximate surface area is 171 Å². The minimum Gasteiger partial charge on any atom is -0.451 e. The smallest absolute Gasteiger partial charge is 0.358 e. The molecule has 0 radical (unpaired) electrons. The molecule has 0 atom stereocenters. The molecule has 28 heavy (non-hydrogen) atoms. The van der Waals surface area contributed by atoms with Gasteiger partial charge in [-0.2, -0.15) is 5.26 Å². The number of fused-ring (bicyclic) bond motifs is 1. The maximum atomic E-state index is 12.1. The molecule has 1 amide bonds. The first-order valence-corrected chi connectivity index (χ1v) is 10.9. The van der Waals surface area contributed by atoms with Gasteiger partial charge in [-0.3, -0.25) is 4.79 Å². The maximum Gasteiger partial charge on any atom is 0.358 e. The SMILES string of the molecule is CC(C)CCNc1nc(C(=O)OCC(=O)Nc2sc3c(c2C#N)CCC3)cs1. The molecule has 148 valence electrons. The van der Waals surface area contributed by atoms with E-state index < -0.39 is 18.5 Å². The van der Waals surface area contributed by atoms with Crippen LogP contribution in [0.4, 0.5) is 10.1 Å². The molecular weight excluding hydrogens is 396 g/mol. The van der Waals surface area contributed by atoms with Gasteiger partial charge in [-0.05, 0) is 37.2 Å². The van der Waals surface area contributed by atoms with Crippen LogP contribution in [0.1, 0.15) is 53.2 Å². The Hall–Kier alpha value is -2.44. The zero-order valence-electron chi connectivity index (χ0n) is 15.8. The molecule has 2 N–H and O–H groups in total. The second kappa shape index (κ2) is 9.17. The zero-order chi connectivity index (χ0) is 20.1. The molecule has 0 aliphatic heterocycles. The summed E-state index contributed by atoms with van der Waals surface area (Å²) in [5.41, 5.74) is 1.76. The van der Waals surface area contributed by atoms with Gasteiger partial charge in [0.1, 0.15) is 11.1 Å². The van der Waals surface area contributed by atoms with Crippen molar-refractivity contribution < 1.29 is 14.3 Å². The molecule has 2 aromatic rings. The Balaban J connectivity index is 1.49. The van der Waals surface area contributed by atoms with Gasteiger partial charge in [-0.15, -0.1) is 22.7 Å². The van der Waals surface area contributed by atoms with Crippen LogP contribution in [-0.2, 0) is 22.4 Å². The number of nitrogens with one attached hydrogen (secondary N) is 2. The van der Waals surface area contributed by atoms with Crippen molar-refractivity contribution in [3.63, 3.8) is 0 Å². The molecule has 9 heteroatoms. The number of anilines is 2. The number of nitrogens with zero attached hydrogens (tertiary/aromatic N) is 2. The minimum absolute atomic E-state index is 0.178. The number of hydrogen-bond acceptors (Lipinski definition) is 8. The van der Waals surface area contributed by atoms with E-state index in [0.29, 0.717) is 21.6 Å². The highest BCUT2D eigenvalue weighted by Crippen LogP contribution is 2.38. The van der Waals surface area contributed by atoms with Crippen LogP contribution >= 0.6 is 22.7 Å². The van der Waals surface area contributed by atoms with E-state index in [4.69, 9.17) is 4.74 Å². The number of aryl methyl sites for hydroxylation is 1. The summed E-state index contributed by atoms with van der Waals surface area (Å²) in [6.45, 7) is 4.65. The Morgan fingerprint density at radius 2 is 2.21 bits per heavy atom. The van der Waals surface area contributed by atoms with E-state index in [1.807, 2.05) is 0 Å². The molecule has 2 aromatic heterocycles. The van der Waals surface area contributed by atoms with Gasteiger partial charge >= 0.3 is 5.97 Å². The topological polar surface area (TPSA) is 104 Å². The van der Waals surface area contributed by atoms with Crippen LogP contribution in [-0.4, -0.2) is 30.0 Å². The van der Waals surface area contributed by atoms with Crippen molar-refractivity contribution in [3.05, 3.63) is 27.1 Å². The lowest BCUT2D eigenvalue weighted by Gasteiger charge is -2.05. The number of nitriles is 1.